The molecule has 0 unspecified atom stereocenters. The monoisotopic (exact) mass is 448 g/mol. The van der Waals surface area contributed by atoms with Crippen LogP contribution in [-0.2, 0) is 0 Å². The fraction of sp³-hybridized carbons (Fsp3) is 0. The maximum Gasteiger partial charge on any atom is 0.337 e. The molecule has 3 aromatic heterocycles. The number of hydrogen-bond acceptors (Lipinski definition) is 4. The molecule has 5 rings (SSSR count). The molecule has 0 amide bonds. The molecule has 0 N–H and O–H groups in total. The van der Waals surface area contributed by atoms with Crippen molar-refractivity contribution in [1.29, 1.82) is 0 Å². The zero-order valence-electron chi connectivity index (χ0n) is 14.5. The smallest absolute Gasteiger partial charge is 0.337 e. The predicted octanol–water partition coefficient (Wildman–Crippen LogP) is 6.02. The topological polar surface area (TPSA) is 47.5 Å². The van der Waals surface area contributed by atoms with E-state index in [-0.39, 0.29) is 5.63 Å². The summed E-state index contributed by atoms with van der Waals surface area (Å²) in [5.41, 5.74) is 2.95. The van der Waals surface area contributed by atoms with Crippen LogP contribution in [0.25, 0.3) is 27.9 Å². The molecule has 0 aliphatic rings. The highest BCUT2D eigenvalue weighted by molar-refractivity contribution is 9.10. The molecule has 0 saturated heterocycles. The Morgan fingerprint density at radius 1 is 0.964 bits per heavy atom. The van der Waals surface area contributed by atoms with Crippen molar-refractivity contribution in [1.82, 2.24) is 9.38 Å². The van der Waals surface area contributed by atoms with Gasteiger partial charge in [-0.25, -0.2) is 9.78 Å². The van der Waals surface area contributed by atoms with Gasteiger partial charge < -0.3 is 4.42 Å². The zero-order valence-corrected chi connectivity index (χ0v) is 16.9. The van der Waals surface area contributed by atoms with Crippen LogP contribution >= 0.6 is 27.7 Å². The van der Waals surface area contributed by atoms with Gasteiger partial charge in [-0.15, -0.1) is 0 Å². The first-order valence-corrected chi connectivity index (χ1v) is 10.2. The average molecular weight is 449 g/mol. The Morgan fingerprint density at radius 2 is 1.82 bits per heavy atom. The Morgan fingerprint density at radius 3 is 2.71 bits per heavy atom. The molecule has 0 saturated carbocycles. The van der Waals surface area contributed by atoms with Gasteiger partial charge in [0.25, 0.3) is 0 Å². The number of para-hydroxylation sites is 1. The van der Waals surface area contributed by atoms with E-state index in [1.807, 2.05) is 77.3 Å². The van der Waals surface area contributed by atoms with Gasteiger partial charge in [-0.05, 0) is 30.3 Å². The van der Waals surface area contributed by atoms with Crippen LogP contribution in [-0.4, -0.2) is 9.38 Å². The largest absolute Gasteiger partial charge is 0.423 e. The molecule has 5 aromatic rings. The van der Waals surface area contributed by atoms with E-state index in [1.54, 1.807) is 6.07 Å². The molecule has 0 aliphatic carbocycles. The predicted molar refractivity (Wildman–Crippen MR) is 115 cm³/mol. The lowest BCUT2D eigenvalue weighted by molar-refractivity contribution is 0.557. The lowest BCUT2D eigenvalue weighted by Crippen LogP contribution is -1.97. The molecule has 136 valence electrons. The summed E-state index contributed by atoms with van der Waals surface area (Å²) in [6.07, 6.45) is 1.99. The summed E-state index contributed by atoms with van der Waals surface area (Å²) in [6.45, 7) is 0. The Hall–Kier alpha value is -2.83. The summed E-state index contributed by atoms with van der Waals surface area (Å²) in [7, 11) is 0. The molecule has 0 bridgehead atoms. The maximum absolute atomic E-state index is 12.1. The zero-order chi connectivity index (χ0) is 19.1. The van der Waals surface area contributed by atoms with Gasteiger partial charge in [-0.1, -0.05) is 64.1 Å². The van der Waals surface area contributed by atoms with E-state index < -0.39 is 0 Å². The number of pyridine rings is 1. The third kappa shape index (κ3) is 3.04. The molecule has 28 heavy (non-hydrogen) atoms. The van der Waals surface area contributed by atoms with Crippen LogP contribution in [0.15, 0.2) is 103 Å². The van der Waals surface area contributed by atoms with E-state index in [9.17, 15) is 4.79 Å². The van der Waals surface area contributed by atoms with Crippen molar-refractivity contribution in [3.05, 3.63) is 93.9 Å². The molecule has 0 atom stereocenters. The van der Waals surface area contributed by atoms with Crippen molar-refractivity contribution in [3.8, 4) is 11.3 Å². The summed E-state index contributed by atoms with van der Waals surface area (Å²) in [5, 5.41) is 1.85. The molecule has 0 radical (unpaired) electrons. The molecule has 0 aliphatic heterocycles. The summed E-state index contributed by atoms with van der Waals surface area (Å²) >= 11 is 5.06. The number of benzene rings is 2. The standard InChI is InChI=1S/C22H13BrN2O2S/c23-15-7-5-6-14(12-15)21-22(25-11-4-3-10-19(25)24-21)28-18-13-20(26)27-17-9-2-1-8-16(17)18/h1-13H. The lowest BCUT2D eigenvalue weighted by Gasteiger charge is -2.07. The first-order chi connectivity index (χ1) is 13.7. The number of imidazole rings is 1. The van der Waals surface area contributed by atoms with Gasteiger partial charge in [0.15, 0.2) is 0 Å². The number of hydrogen-bond donors (Lipinski definition) is 0. The fourth-order valence-electron chi connectivity index (χ4n) is 3.17. The summed E-state index contributed by atoms with van der Waals surface area (Å²) in [5.74, 6) is 0. The van der Waals surface area contributed by atoms with Crippen molar-refractivity contribution in [2.45, 2.75) is 9.92 Å². The van der Waals surface area contributed by atoms with Gasteiger partial charge in [-0.2, -0.15) is 0 Å². The molecule has 2 aromatic carbocycles. The van der Waals surface area contributed by atoms with E-state index in [2.05, 4.69) is 15.9 Å². The van der Waals surface area contributed by atoms with Crippen molar-refractivity contribution >= 4 is 44.3 Å². The van der Waals surface area contributed by atoms with Crippen LogP contribution in [0.4, 0.5) is 0 Å². The Kier molecular flexibility index (Phi) is 4.30. The van der Waals surface area contributed by atoms with E-state index in [0.717, 1.165) is 36.7 Å². The van der Waals surface area contributed by atoms with Gasteiger partial charge in [-0.3, -0.25) is 4.40 Å². The number of rotatable bonds is 3. The third-order valence-corrected chi connectivity index (χ3v) is 6.04. The molecular weight excluding hydrogens is 436 g/mol. The first-order valence-electron chi connectivity index (χ1n) is 8.63. The number of nitrogens with zero attached hydrogens (tertiary/aromatic N) is 2. The van der Waals surface area contributed by atoms with Gasteiger partial charge in [0.05, 0.1) is 0 Å². The van der Waals surface area contributed by atoms with Gasteiger partial charge >= 0.3 is 5.63 Å². The second kappa shape index (κ2) is 6.96. The Labute approximate surface area is 173 Å². The van der Waals surface area contributed by atoms with Gasteiger partial charge in [0.2, 0.25) is 0 Å². The molecule has 0 spiro atoms. The number of halogens is 1. The highest BCUT2D eigenvalue weighted by Crippen LogP contribution is 2.39. The van der Waals surface area contributed by atoms with E-state index in [1.165, 1.54) is 11.8 Å². The van der Waals surface area contributed by atoms with E-state index in [0.29, 0.717) is 5.58 Å². The van der Waals surface area contributed by atoms with Crippen LogP contribution in [0.1, 0.15) is 0 Å². The summed E-state index contributed by atoms with van der Waals surface area (Å²) in [4.78, 5) is 17.8. The minimum atomic E-state index is -0.362. The highest BCUT2D eigenvalue weighted by Gasteiger charge is 2.17. The normalized spacial score (nSPS) is 11.3. The number of fused-ring (bicyclic) bond motifs is 2. The van der Waals surface area contributed by atoms with E-state index in [4.69, 9.17) is 9.40 Å². The molecule has 6 heteroatoms. The summed E-state index contributed by atoms with van der Waals surface area (Å²) in [6, 6.07) is 23.1. The van der Waals surface area contributed by atoms with Crippen LogP contribution in [0.2, 0.25) is 0 Å². The molecular formula is C22H13BrN2O2S. The van der Waals surface area contributed by atoms with E-state index >= 15 is 0 Å². The second-order valence-corrected chi connectivity index (χ2v) is 8.18. The minimum absolute atomic E-state index is 0.362. The van der Waals surface area contributed by atoms with Crippen LogP contribution in [0, 0.1) is 0 Å². The average Bonchev–Trinajstić information content (AvgIpc) is 3.06. The van der Waals surface area contributed by atoms with Crippen LogP contribution < -0.4 is 5.63 Å². The van der Waals surface area contributed by atoms with Gasteiger partial charge in [0, 0.05) is 32.6 Å². The first kappa shape index (κ1) is 17.3. The van der Waals surface area contributed by atoms with Crippen LogP contribution in [0.5, 0.6) is 0 Å². The van der Waals surface area contributed by atoms with Gasteiger partial charge in [0.1, 0.15) is 22.0 Å². The van der Waals surface area contributed by atoms with Crippen molar-refractivity contribution in [2.24, 2.45) is 0 Å². The highest BCUT2D eigenvalue weighted by atomic mass is 79.9. The fourth-order valence-corrected chi connectivity index (χ4v) is 4.72. The Balaban J connectivity index is 1.76. The van der Waals surface area contributed by atoms with Crippen molar-refractivity contribution in [3.63, 3.8) is 0 Å². The quantitative estimate of drug-likeness (QED) is 0.316. The molecule has 4 nitrogen and oxygen atoms in total. The molecule has 0 fully saturated rings. The van der Waals surface area contributed by atoms with Crippen molar-refractivity contribution < 1.29 is 4.42 Å². The van der Waals surface area contributed by atoms with Crippen LogP contribution in [0.3, 0.4) is 0 Å². The lowest BCUT2D eigenvalue weighted by atomic mass is 10.2. The second-order valence-electron chi connectivity index (χ2n) is 6.23. The minimum Gasteiger partial charge on any atom is -0.423 e. The third-order valence-electron chi connectivity index (χ3n) is 4.40. The summed E-state index contributed by atoms with van der Waals surface area (Å²) < 4.78 is 8.38. The number of aromatic nitrogens is 2. The van der Waals surface area contributed by atoms with Crippen molar-refractivity contribution in [2.75, 3.05) is 0 Å². The Bertz CT molecular complexity index is 1390. The SMILES string of the molecule is O=c1cc(Sc2c(-c3cccc(Br)c3)nc3ccccn23)c2ccccc2o1. The maximum atomic E-state index is 12.1. The molecule has 3 heterocycles.